The molecule has 7 heteroatoms. The minimum absolute atomic E-state index is 0.162. The van der Waals surface area contributed by atoms with Crippen molar-refractivity contribution in [3.8, 4) is 5.75 Å². The molecule has 0 aliphatic rings. The molecular weight excluding hydrogens is 364 g/mol. The minimum Gasteiger partial charge on any atom is -0.484 e. The number of rotatable bonds is 8. The van der Waals surface area contributed by atoms with Crippen molar-refractivity contribution < 1.29 is 17.9 Å². The number of amides is 1. The molecule has 0 bridgehead atoms. The van der Waals surface area contributed by atoms with Gasteiger partial charge < -0.3 is 10.1 Å². The van der Waals surface area contributed by atoms with Gasteiger partial charge >= 0.3 is 0 Å². The highest BCUT2D eigenvalue weighted by molar-refractivity contribution is 7.89. The van der Waals surface area contributed by atoms with Crippen molar-refractivity contribution in [2.45, 2.75) is 32.6 Å². The lowest BCUT2D eigenvalue weighted by Gasteiger charge is -2.11. The Bertz CT molecular complexity index is 891. The van der Waals surface area contributed by atoms with Crippen LogP contribution in [0.15, 0.2) is 47.4 Å². The van der Waals surface area contributed by atoms with Crippen molar-refractivity contribution >= 4 is 21.6 Å². The molecule has 0 saturated heterocycles. The zero-order valence-electron chi connectivity index (χ0n) is 16.1. The van der Waals surface area contributed by atoms with Crippen LogP contribution in [0.25, 0.3) is 0 Å². The Balaban J connectivity index is 1.91. The molecule has 6 nitrogen and oxygen atoms in total. The zero-order valence-corrected chi connectivity index (χ0v) is 16.9. The third kappa shape index (κ3) is 6.37. The molecule has 2 aromatic carbocycles. The molecule has 0 spiro atoms. The number of hydrogen-bond acceptors (Lipinski definition) is 4. The number of aryl methyl sites for hydroxylation is 2. The minimum atomic E-state index is -3.54. The van der Waals surface area contributed by atoms with Crippen molar-refractivity contribution in [3.05, 3.63) is 53.6 Å². The first-order chi connectivity index (χ1) is 12.7. The predicted molar refractivity (Wildman–Crippen MR) is 107 cm³/mol. The second-order valence-electron chi connectivity index (χ2n) is 6.87. The van der Waals surface area contributed by atoms with Crippen LogP contribution in [0.4, 0.5) is 5.69 Å². The highest BCUT2D eigenvalue weighted by Crippen LogP contribution is 2.18. The summed E-state index contributed by atoms with van der Waals surface area (Å²) >= 11 is 0. The molecule has 27 heavy (non-hydrogen) atoms. The molecule has 0 radical (unpaired) electrons. The molecule has 0 aromatic heterocycles. The monoisotopic (exact) mass is 390 g/mol. The van der Waals surface area contributed by atoms with Crippen LogP contribution < -0.4 is 14.8 Å². The van der Waals surface area contributed by atoms with E-state index < -0.39 is 10.0 Å². The van der Waals surface area contributed by atoms with Gasteiger partial charge in [0.05, 0.1) is 4.90 Å². The molecule has 0 fully saturated rings. The van der Waals surface area contributed by atoms with Gasteiger partial charge in [-0.3, -0.25) is 4.79 Å². The molecule has 0 aliphatic heterocycles. The summed E-state index contributed by atoms with van der Waals surface area (Å²) in [6.07, 6.45) is 0. The van der Waals surface area contributed by atoms with Crippen molar-refractivity contribution in [3.63, 3.8) is 0 Å². The second kappa shape index (κ2) is 9.01. The van der Waals surface area contributed by atoms with Gasteiger partial charge in [-0.25, -0.2) is 13.1 Å². The lowest BCUT2D eigenvalue weighted by Crippen LogP contribution is -2.27. The molecule has 0 aliphatic carbocycles. The average molecular weight is 391 g/mol. The molecule has 0 unspecified atom stereocenters. The van der Waals surface area contributed by atoms with Crippen molar-refractivity contribution in [1.82, 2.24) is 4.72 Å². The standard InChI is InChI=1S/C20H26N2O4S/c1-14(2)12-21-27(24,25)18-8-6-17(7-9-18)26-13-20(23)22-19-10-5-15(3)11-16(19)4/h5-11,14,21H,12-13H2,1-4H3,(H,22,23). The Labute approximate surface area is 161 Å². The summed E-state index contributed by atoms with van der Waals surface area (Å²) in [4.78, 5) is 12.2. The lowest BCUT2D eigenvalue weighted by molar-refractivity contribution is -0.118. The highest BCUT2D eigenvalue weighted by atomic mass is 32.2. The summed E-state index contributed by atoms with van der Waals surface area (Å²) < 4.78 is 32.3. The first-order valence-corrected chi connectivity index (χ1v) is 10.3. The van der Waals surface area contributed by atoms with Crippen LogP contribution in [0.1, 0.15) is 25.0 Å². The summed E-state index contributed by atoms with van der Waals surface area (Å²) in [6.45, 7) is 8.00. The van der Waals surface area contributed by atoms with E-state index in [1.165, 1.54) is 24.3 Å². The third-order valence-electron chi connectivity index (χ3n) is 3.84. The van der Waals surface area contributed by atoms with E-state index >= 15 is 0 Å². The summed E-state index contributed by atoms with van der Waals surface area (Å²) in [5.41, 5.74) is 2.85. The van der Waals surface area contributed by atoms with Gasteiger partial charge in [0, 0.05) is 12.2 Å². The van der Waals surface area contributed by atoms with E-state index in [0.29, 0.717) is 12.3 Å². The van der Waals surface area contributed by atoms with Crippen molar-refractivity contribution in [2.75, 3.05) is 18.5 Å². The van der Waals surface area contributed by atoms with E-state index in [-0.39, 0.29) is 23.3 Å². The highest BCUT2D eigenvalue weighted by Gasteiger charge is 2.14. The van der Waals surface area contributed by atoms with E-state index in [1.54, 1.807) is 0 Å². The number of sulfonamides is 1. The van der Waals surface area contributed by atoms with Crippen LogP contribution in [0.3, 0.4) is 0 Å². The Morgan fingerprint density at radius 2 is 1.74 bits per heavy atom. The lowest BCUT2D eigenvalue weighted by atomic mass is 10.1. The van der Waals surface area contributed by atoms with Crippen molar-refractivity contribution in [2.24, 2.45) is 5.92 Å². The van der Waals surface area contributed by atoms with Gasteiger partial charge in [-0.05, 0) is 55.7 Å². The van der Waals surface area contributed by atoms with E-state index in [4.69, 9.17) is 4.74 Å². The Hall–Kier alpha value is -2.38. The molecule has 2 aromatic rings. The fraction of sp³-hybridized carbons (Fsp3) is 0.350. The molecule has 0 heterocycles. The first-order valence-electron chi connectivity index (χ1n) is 8.77. The number of anilines is 1. The average Bonchev–Trinajstić information content (AvgIpc) is 2.61. The van der Waals surface area contributed by atoms with Gasteiger partial charge in [0.1, 0.15) is 5.75 Å². The maximum absolute atomic E-state index is 12.2. The maximum atomic E-state index is 12.2. The predicted octanol–water partition coefficient (Wildman–Crippen LogP) is 3.26. The molecule has 1 amide bonds. The summed E-state index contributed by atoms with van der Waals surface area (Å²) in [5.74, 6) is 0.365. The van der Waals surface area contributed by atoms with Gasteiger partial charge in [0.2, 0.25) is 10.0 Å². The van der Waals surface area contributed by atoms with Crippen LogP contribution in [-0.4, -0.2) is 27.5 Å². The third-order valence-corrected chi connectivity index (χ3v) is 5.28. The summed E-state index contributed by atoms with van der Waals surface area (Å²) in [5, 5.41) is 2.80. The fourth-order valence-electron chi connectivity index (χ4n) is 2.36. The van der Waals surface area contributed by atoms with E-state index in [1.807, 2.05) is 45.9 Å². The molecule has 2 rings (SSSR count). The van der Waals surface area contributed by atoms with Crippen molar-refractivity contribution in [1.29, 1.82) is 0 Å². The topological polar surface area (TPSA) is 84.5 Å². The van der Waals surface area contributed by atoms with Gasteiger partial charge in [-0.1, -0.05) is 31.5 Å². The number of nitrogens with one attached hydrogen (secondary N) is 2. The van der Waals surface area contributed by atoms with Crippen LogP contribution in [-0.2, 0) is 14.8 Å². The maximum Gasteiger partial charge on any atom is 0.262 e. The smallest absolute Gasteiger partial charge is 0.262 e. The number of carbonyl (C=O) groups excluding carboxylic acids is 1. The van der Waals surface area contributed by atoms with Gasteiger partial charge in [0.15, 0.2) is 6.61 Å². The van der Waals surface area contributed by atoms with Gasteiger partial charge in [0.25, 0.3) is 5.91 Å². The molecule has 0 saturated carbocycles. The summed E-state index contributed by atoms with van der Waals surface area (Å²) in [6, 6.07) is 11.8. The quantitative estimate of drug-likeness (QED) is 0.725. The van der Waals surface area contributed by atoms with E-state index in [2.05, 4.69) is 10.0 Å². The Morgan fingerprint density at radius 3 is 2.33 bits per heavy atom. The zero-order chi connectivity index (χ0) is 20.0. The molecule has 2 N–H and O–H groups in total. The van der Waals surface area contributed by atoms with E-state index in [9.17, 15) is 13.2 Å². The van der Waals surface area contributed by atoms with Crippen LogP contribution in [0, 0.1) is 19.8 Å². The van der Waals surface area contributed by atoms with Crippen LogP contribution >= 0.6 is 0 Å². The molecule has 0 atom stereocenters. The number of carbonyl (C=O) groups is 1. The summed E-state index contributed by atoms with van der Waals surface area (Å²) in [7, 11) is -3.54. The second-order valence-corrected chi connectivity index (χ2v) is 8.64. The largest absolute Gasteiger partial charge is 0.484 e. The SMILES string of the molecule is Cc1ccc(NC(=O)COc2ccc(S(=O)(=O)NCC(C)C)cc2)c(C)c1. The number of benzene rings is 2. The normalized spacial score (nSPS) is 11.4. The van der Waals surface area contributed by atoms with Gasteiger partial charge in [-0.15, -0.1) is 0 Å². The Morgan fingerprint density at radius 1 is 1.07 bits per heavy atom. The number of ether oxygens (including phenoxy) is 1. The number of hydrogen-bond donors (Lipinski definition) is 2. The van der Waals surface area contributed by atoms with Crippen LogP contribution in [0.2, 0.25) is 0 Å². The van der Waals surface area contributed by atoms with Gasteiger partial charge in [-0.2, -0.15) is 0 Å². The fourth-order valence-corrected chi connectivity index (χ4v) is 3.58. The first kappa shape index (κ1) is 20.9. The molecule has 146 valence electrons. The molecular formula is C20H26N2O4S. The van der Waals surface area contributed by atoms with E-state index in [0.717, 1.165) is 16.8 Å². The Kier molecular flexibility index (Phi) is 6.98. The van der Waals surface area contributed by atoms with Crippen LogP contribution in [0.5, 0.6) is 5.75 Å².